The molecule has 6 aliphatic heterocycles. The first-order valence-corrected chi connectivity index (χ1v) is 32.3. The minimum Gasteiger partial charge on any atom is -0.390 e. The first-order chi connectivity index (χ1) is 45.1. The van der Waals surface area contributed by atoms with Crippen LogP contribution in [0.15, 0.2) is 0 Å². The number of nitrogens with two attached hydrogens (primary N) is 11. The van der Waals surface area contributed by atoms with Gasteiger partial charge in [0.25, 0.3) is 0 Å². The second-order valence-electron chi connectivity index (χ2n) is 25.6. The molecule has 2 aliphatic carbocycles. The largest absolute Gasteiger partial charge is 0.390 e. The van der Waals surface area contributed by atoms with Crippen LogP contribution in [0.2, 0.25) is 0 Å². The molecule has 0 aromatic heterocycles. The molecule has 95 heavy (non-hydrogen) atoms. The van der Waals surface area contributed by atoms with Crippen molar-refractivity contribution in [2.45, 2.75) is 271 Å². The molecule has 20 unspecified atom stereocenters. The summed E-state index contributed by atoms with van der Waals surface area (Å²) in [4.78, 5) is 26.4. The Morgan fingerprint density at radius 1 is 0.326 bits per heavy atom. The second kappa shape index (κ2) is 35.2. The Labute approximate surface area is 546 Å². The third-order valence-electron chi connectivity index (χ3n) is 18.8. The number of urea groups is 2. The minimum atomic E-state index is -1.75. The molecule has 38 N–H and O–H groups in total. The molecule has 8 aliphatic rings. The van der Waals surface area contributed by atoms with Crippen molar-refractivity contribution in [3.05, 3.63) is 0 Å². The van der Waals surface area contributed by atoms with E-state index in [0.717, 1.165) is 0 Å². The van der Waals surface area contributed by atoms with Crippen molar-refractivity contribution in [1.29, 1.82) is 0 Å². The van der Waals surface area contributed by atoms with Gasteiger partial charge in [-0.1, -0.05) is 12.8 Å². The van der Waals surface area contributed by atoms with E-state index in [2.05, 4.69) is 21.3 Å². The number of hydrogen-bond acceptors (Lipinski definition) is 37. The van der Waals surface area contributed by atoms with Crippen molar-refractivity contribution >= 4 is 12.1 Å². The zero-order chi connectivity index (χ0) is 69.4. The molecule has 0 aromatic rings. The maximum atomic E-state index is 13.2. The van der Waals surface area contributed by atoms with Crippen molar-refractivity contribution in [2.75, 3.05) is 52.4 Å². The number of aliphatic hydroxyl groups excluding tert-OH is 12. The van der Waals surface area contributed by atoms with Crippen molar-refractivity contribution in [1.82, 2.24) is 21.3 Å². The first kappa shape index (κ1) is 77.9. The highest BCUT2D eigenvalue weighted by Gasteiger charge is 2.57. The quantitative estimate of drug-likeness (QED) is 0.0340. The summed E-state index contributed by atoms with van der Waals surface area (Å²) in [6.45, 7) is -1.18. The zero-order valence-electron chi connectivity index (χ0n) is 52.4. The number of nitrogens with one attached hydrogen (secondary N) is 4. The van der Waals surface area contributed by atoms with Crippen LogP contribution in [-0.2, 0) is 56.8 Å². The Morgan fingerprint density at radius 2 is 0.653 bits per heavy atom. The second-order valence-corrected chi connectivity index (χ2v) is 25.6. The van der Waals surface area contributed by atoms with Crippen LogP contribution in [0.1, 0.15) is 44.9 Å². The number of ether oxygens (including phenoxy) is 12. The van der Waals surface area contributed by atoms with E-state index in [1.807, 2.05) is 0 Å². The molecule has 4 amide bonds. The molecule has 8 rings (SSSR count). The smallest absolute Gasteiger partial charge is 0.314 e. The molecular weight excluding hydrogens is 1270 g/mol. The van der Waals surface area contributed by atoms with Gasteiger partial charge in [0.15, 0.2) is 37.7 Å². The van der Waals surface area contributed by atoms with Crippen LogP contribution in [0.4, 0.5) is 9.59 Å². The lowest BCUT2D eigenvalue weighted by Crippen LogP contribution is -2.68. The molecule has 37 atom stereocenters. The fourth-order valence-corrected chi connectivity index (χ4v) is 13.0. The molecule has 6 heterocycles. The Bertz CT molecular complexity index is 2360. The number of carbonyl (C=O) groups is 2. The standard InChI is InChI=1S/C54H105N15O26/c55-10-21-33(73)20(70)9-27(84-21)90-44-25(88-51(40(44)80)94-46-31(71)16(59)7-18(61)42(46)91-48-28(63)37(77)34(74)22(11-56)85-48)14-68-53(82)66-5-3-1-2-4-6-67-54(83)69-15-26-45(93-50-30(65)39(79)36(76)24(13-58)87-50)41(81)52(89-26)95-47-32(72)17(60)8-19(62)43(47)92-49-29(64)38(78)35(75)23(12-57)86-49/h16-52,70-81H,1-15,55-65H2,(H2,66,68,82)(H2,67,69,83)/t16-,17+,18?,19?,20?,21+,22?,23?,24-,25-,26-,27-,28?,29?,30?,31?,32+,33?,34?,35?,36?,37-,38-,39?,40?,41?,42?,43?,44+,45?,46-,47?,48-,49+,50+,51+,52+/m1/s1. The third kappa shape index (κ3) is 18.4. The van der Waals surface area contributed by atoms with Crippen LogP contribution in [0.3, 0.4) is 0 Å². The molecule has 0 aromatic carbocycles. The van der Waals surface area contributed by atoms with Gasteiger partial charge in [0.05, 0.1) is 36.4 Å². The van der Waals surface area contributed by atoms with Crippen molar-refractivity contribution in [3.8, 4) is 0 Å². The SMILES string of the molecule is NCC1O[C@H](OC2C(N)C[C@@H](N)C(O)[C@H]2O[C@@H]2O[C@H](CNC(=O)NCCCCCCNC(=O)NC[C@H]3O[C@@H](OC4C(O[C@@H]5OC(CN)C(O)[C@H](O)C5N)C(N)C[C@H](N)[C@@H]4O)C(O)C3O[C@@H]3O[C@H](CN)C(O)C(O)C3N)[C@H](O[C@@H]3CC(O)C(O)[C@H](CN)O3)C2O)C(N)[C@@H](O)C1O. The highest BCUT2D eigenvalue weighted by molar-refractivity contribution is 5.74. The molecule has 8 fully saturated rings. The lowest BCUT2D eigenvalue weighted by molar-refractivity contribution is -0.306. The van der Waals surface area contributed by atoms with Gasteiger partial charge in [-0.2, -0.15) is 0 Å². The first-order valence-electron chi connectivity index (χ1n) is 32.3. The molecule has 2 saturated carbocycles. The van der Waals surface area contributed by atoms with Gasteiger partial charge in [-0.25, -0.2) is 9.59 Å². The minimum absolute atomic E-state index is 0.00321. The summed E-state index contributed by atoms with van der Waals surface area (Å²) in [5, 5.41) is 142. The lowest BCUT2D eigenvalue weighted by Gasteiger charge is -2.47. The summed E-state index contributed by atoms with van der Waals surface area (Å²) in [6.07, 6.45) is -40.2. The van der Waals surface area contributed by atoms with E-state index in [1.54, 1.807) is 0 Å². The molecule has 0 bridgehead atoms. The van der Waals surface area contributed by atoms with Crippen LogP contribution >= 0.6 is 0 Å². The maximum Gasteiger partial charge on any atom is 0.314 e. The molecule has 0 radical (unpaired) electrons. The fourth-order valence-electron chi connectivity index (χ4n) is 13.0. The number of rotatable bonds is 27. The number of amides is 4. The molecule has 41 heteroatoms. The number of unbranched alkanes of at least 4 members (excludes halogenated alkanes) is 3. The van der Waals surface area contributed by atoms with Crippen molar-refractivity contribution in [2.24, 2.45) is 63.1 Å². The summed E-state index contributed by atoms with van der Waals surface area (Å²) in [5.74, 6) is 0. The topological polar surface area (TPSA) is 722 Å². The summed E-state index contributed by atoms with van der Waals surface area (Å²) < 4.78 is 72.4. The van der Waals surface area contributed by atoms with E-state index in [-0.39, 0.29) is 71.6 Å². The normalized spacial score (nSPS) is 48.1. The van der Waals surface area contributed by atoms with Gasteiger partial charge >= 0.3 is 12.1 Å². The van der Waals surface area contributed by atoms with Crippen LogP contribution in [0.25, 0.3) is 0 Å². The summed E-state index contributed by atoms with van der Waals surface area (Å²) in [5.41, 5.74) is 67.2. The average molecular weight is 1380 g/mol. The Kier molecular flexibility index (Phi) is 28.8. The molecule has 6 saturated heterocycles. The van der Waals surface area contributed by atoms with E-state index in [0.29, 0.717) is 25.7 Å². The maximum absolute atomic E-state index is 13.2. The molecule has 0 spiro atoms. The number of aliphatic hydroxyl groups is 12. The fraction of sp³-hybridized carbons (Fsp3) is 0.963. The van der Waals surface area contributed by atoms with E-state index < -0.39 is 239 Å². The van der Waals surface area contributed by atoms with Gasteiger partial charge in [-0.15, -0.1) is 0 Å². The van der Waals surface area contributed by atoms with Crippen LogP contribution in [0, 0.1) is 0 Å². The lowest BCUT2D eigenvalue weighted by atomic mass is 9.84. The van der Waals surface area contributed by atoms with E-state index in [1.165, 1.54) is 0 Å². The number of hydrogen-bond donors (Lipinski definition) is 27. The van der Waals surface area contributed by atoms with Crippen LogP contribution < -0.4 is 84.3 Å². The summed E-state index contributed by atoms with van der Waals surface area (Å²) >= 11 is 0. The number of carbonyl (C=O) groups excluding carboxylic acids is 2. The van der Waals surface area contributed by atoms with Crippen molar-refractivity contribution in [3.63, 3.8) is 0 Å². The van der Waals surface area contributed by atoms with Gasteiger partial charge in [0.1, 0.15) is 128 Å². The zero-order valence-corrected chi connectivity index (χ0v) is 52.4. The highest BCUT2D eigenvalue weighted by Crippen LogP contribution is 2.37. The van der Waals surface area contributed by atoms with Gasteiger partial charge in [-0.3, -0.25) is 0 Å². The predicted molar refractivity (Wildman–Crippen MR) is 320 cm³/mol. The molecular formula is C54H105N15O26. The Hall–Kier alpha value is -2.86. The highest BCUT2D eigenvalue weighted by atomic mass is 16.8. The van der Waals surface area contributed by atoms with Gasteiger partial charge in [-0.05, 0) is 25.7 Å². The summed E-state index contributed by atoms with van der Waals surface area (Å²) in [6, 6.07) is -9.17. The van der Waals surface area contributed by atoms with Gasteiger partial charge < -0.3 is 202 Å². The average Bonchev–Trinajstić information content (AvgIpc) is 1.74. The van der Waals surface area contributed by atoms with Crippen molar-refractivity contribution < 1.29 is 128 Å². The van der Waals surface area contributed by atoms with Gasteiger partial charge in [0, 0.05) is 82.9 Å². The molecule has 41 nitrogen and oxygen atoms in total. The van der Waals surface area contributed by atoms with E-state index >= 15 is 0 Å². The molecule has 552 valence electrons. The van der Waals surface area contributed by atoms with E-state index in [9.17, 15) is 70.9 Å². The Balaban J connectivity index is 0.817. The van der Waals surface area contributed by atoms with Gasteiger partial charge in [0.2, 0.25) is 0 Å². The van der Waals surface area contributed by atoms with Crippen LogP contribution in [0.5, 0.6) is 0 Å². The van der Waals surface area contributed by atoms with Crippen LogP contribution in [-0.4, -0.2) is 352 Å². The van der Waals surface area contributed by atoms with E-state index in [4.69, 9.17) is 120 Å². The monoisotopic (exact) mass is 1380 g/mol. The Morgan fingerprint density at radius 3 is 1.02 bits per heavy atom. The summed E-state index contributed by atoms with van der Waals surface area (Å²) in [7, 11) is 0. The third-order valence-corrected chi connectivity index (χ3v) is 18.8. The predicted octanol–water partition coefficient (Wildman–Crippen LogP) is -15.5.